The number of aromatic carboxylic acids is 1. The highest BCUT2D eigenvalue weighted by Gasteiger charge is 2.10. The fraction of sp³-hybridized carbons (Fsp3) is 0.167. The molecule has 0 saturated carbocycles. The van der Waals surface area contributed by atoms with Crippen LogP contribution in [0.15, 0.2) is 12.5 Å². The van der Waals surface area contributed by atoms with Crippen LogP contribution < -0.4 is 4.74 Å². The van der Waals surface area contributed by atoms with Crippen molar-refractivity contribution in [1.29, 1.82) is 0 Å². The van der Waals surface area contributed by atoms with Crippen molar-refractivity contribution in [2.45, 2.75) is 0 Å². The van der Waals surface area contributed by atoms with E-state index in [0.717, 1.165) is 6.33 Å². The summed E-state index contributed by atoms with van der Waals surface area (Å²) < 4.78 is 4.70. The smallest absolute Gasteiger partial charge is 0.358 e. The van der Waals surface area contributed by atoms with Gasteiger partial charge < -0.3 is 9.84 Å². The Hall–Kier alpha value is -1.65. The van der Waals surface area contributed by atoms with Crippen molar-refractivity contribution in [2.75, 3.05) is 7.11 Å². The summed E-state index contributed by atoms with van der Waals surface area (Å²) in [5.74, 6) is -0.954. The molecule has 5 heteroatoms. The van der Waals surface area contributed by atoms with Gasteiger partial charge in [-0.15, -0.1) is 0 Å². The maximum Gasteiger partial charge on any atom is 0.358 e. The molecule has 0 aromatic carbocycles. The number of ether oxygens (including phenoxy) is 1. The van der Waals surface area contributed by atoms with Crippen molar-refractivity contribution in [1.82, 2.24) is 9.97 Å². The second kappa shape index (κ2) is 2.96. The van der Waals surface area contributed by atoms with Crippen LogP contribution in [0, 0.1) is 0 Å². The number of hydrogen-bond acceptors (Lipinski definition) is 4. The van der Waals surface area contributed by atoms with Crippen LogP contribution in [0.1, 0.15) is 10.5 Å². The standard InChI is InChI=1S/C6H6N2O3/c1-11-4-2-7-3-8-5(4)6(9)10/h2-3H,1H3,(H,9,10). The number of hydrogen-bond donors (Lipinski definition) is 1. The molecule has 0 aliphatic carbocycles. The summed E-state index contributed by atoms with van der Waals surface area (Å²) in [5, 5.41) is 8.53. The van der Waals surface area contributed by atoms with Crippen molar-refractivity contribution in [2.24, 2.45) is 0 Å². The second-order valence-electron chi connectivity index (χ2n) is 1.74. The molecule has 0 atom stereocenters. The number of nitrogens with zero attached hydrogens (tertiary/aromatic N) is 2. The fourth-order valence-corrected chi connectivity index (χ4v) is 0.627. The van der Waals surface area contributed by atoms with E-state index in [4.69, 9.17) is 9.84 Å². The van der Waals surface area contributed by atoms with Gasteiger partial charge in [0.15, 0.2) is 11.4 Å². The predicted molar refractivity (Wildman–Crippen MR) is 35.5 cm³/mol. The minimum atomic E-state index is -1.12. The minimum Gasteiger partial charge on any atom is -0.493 e. The van der Waals surface area contributed by atoms with Gasteiger partial charge in [0.1, 0.15) is 6.33 Å². The van der Waals surface area contributed by atoms with Gasteiger partial charge in [-0.2, -0.15) is 0 Å². The molecular formula is C6H6N2O3. The Morgan fingerprint density at radius 2 is 2.45 bits per heavy atom. The van der Waals surface area contributed by atoms with Crippen molar-refractivity contribution < 1.29 is 14.6 Å². The Balaban J connectivity index is 3.12. The highest BCUT2D eigenvalue weighted by molar-refractivity contribution is 5.88. The third-order valence-corrected chi connectivity index (χ3v) is 1.10. The van der Waals surface area contributed by atoms with Crippen LogP contribution in [0.3, 0.4) is 0 Å². The highest BCUT2D eigenvalue weighted by Crippen LogP contribution is 2.11. The van der Waals surface area contributed by atoms with Crippen molar-refractivity contribution in [3.8, 4) is 5.75 Å². The van der Waals surface area contributed by atoms with Gasteiger partial charge in [-0.3, -0.25) is 0 Å². The van der Waals surface area contributed by atoms with Crippen molar-refractivity contribution in [3.63, 3.8) is 0 Å². The van der Waals surface area contributed by atoms with Crippen LogP contribution in [0.5, 0.6) is 5.75 Å². The summed E-state index contributed by atoms with van der Waals surface area (Å²) in [4.78, 5) is 17.5. The summed E-state index contributed by atoms with van der Waals surface area (Å²) in [6, 6.07) is 0. The van der Waals surface area contributed by atoms with E-state index in [1.807, 2.05) is 0 Å². The molecule has 58 valence electrons. The molecule has 1 rings (SSSR count). The molecule has 0 unspecified atom stereocenters. The molecule has 0 radical (unpaired) electrons. The Bertz CT molecular complexity index is 274. The lowest BCUT2D eigenvalue weighted by Crippen LogP contribution is -2.03. The van der Waals surface area contributed by atoms with E-state index in [1.54, 1.807) is 0 Å². The van der Waals surface area contributed by atoms with Gasteiger partial charge in [0.2, 0.25) is 0 Å². The summed E-state index contributed by atoms with van der Waals surface area (Å²) in [6.45, 7) is 0. The quantitative estimate of drug-likeness (QED) is 0.657. The molecular weight excluding hydrogens is 148 g/mol. The molecule has 5 nitrogen and oxygen atoms in total. The molecule has 0 saturated heterocycles. The zero-order chi connectivity index (χ0) is 8.27. The van der Waals surface area contributed by atoms with Gasteiger partial charge in [-0.05, 0) is 0 Å². The summed E-state index contributed by atoms with van der Waals surface area (Å²) in [5.41, 5.74) is -0.123. The third kappa shape index (κ3) is 1.43. The Labute approximate surface area is 62.7 Å². The van der Waals surface area contributed by atoms with E-state index in [2.05, 4.69) is 9.97 Å². The lowest BCUT2D eigenvalue weighted by molar-refractivity contribution is 0.0686. The monoisotopic (exact) mass is 154 g/mol. The highest BCUT2D eigenvalue weighted by atomic mass is 16.5. The third-order valence-electron chi connectivity index (χ3n) is 1.10. The van der Waals surface area contributed by atoms with Crippen LogP contribution in [0.2, 0.25) is 0 Å². The molecule has 0 bridgehead atoms. The fourth-order valence-electron chi connectivity index (χ4n) is 0.627. The summed E-state index contributed by atoms with van der Waals surface area (Å²) >= 11 is 0. The van der Waals surface area contributed by atoms with Crippen LogP contribution >= 0.6 is 0 Å². The van der Waals surface area contributed by atoms with Gasteiger partial charge in [0.25, 0.3) is 0 Å². The van der Waals surface area contributed by atoms with Crippen molar-refractivity contribution >= 4 is 5.97 Å². The molecule has 1 aromatic heterocycles. The van der Waals surface area contributed by atoms with Crippen LogP contribution in [-0.2, 0) is 0 Å². The van der Waals surface area contributed by atoms with Gasteiger partial charge in [-0.1, -0.05) is 0 Å². The average molecular weight is 154 g/mol. The molecule has 1 N–H and O–H groups in total. The summed E-state index contributed by atoms with van der Waals surface area (Å²) in [7, 11) is 1.37. The van der Waals surface area contributed by atoms with Crippen LogP contribution in [0.4, 0.5) is 0 Å². The maximum atomic E-state index is 10.4. The van der Waals surface area contributed by atoms with E-state index in [1.165, 1.54) is 13.3 Å². The van der Waals surface area contributed by atoms with Crippen molar-refractivity contribution in [3.05, 3.63) is 18.2 Å². The van der Waals surface area contributed by atoms with E-state index in [0.29, 0.717) is 0 Å². The molecule has 0 aliphatic rings. The molecule has 0 spiro atoms. The Kier molecular flexibility index (Phi) is 2.00. The van der Waals surface area contributed by atoms with Gasteiger partial charge in [-0.25, -0.2) is 14.8 Å². The van der Waals surface area contributed by atoms with E-state index >= 15 is 0 Å². The van der Waals surface area contributed by atoms with Gasteiger partial charge in [0, 0.05) is 0 Å². The average Bonchev–Trinajstić information content (AvgIpc) is 2.04. The van der Waals surface area contributed by atoms with E-state index in [9.17, 15) is 4.79 Å². The first-order chi connectivity index (χ1) is 5.25. The van der Waals surface area contributed by atoms with Gasteiger partial charge in [0.05, 0.1) is 13.3 Å². The predicted octanol–water partition coefficient (Wildman–Crippen LogP) is 0.183. The lowest BCUT2D eigenvalue weighted by Gasteiger charge is -1.99. The maximum absolute atomic E-state index is 10.4. The molecule has 1 heterocycles. The summed E-state index contributed by atoms with van der Waals surface area (Å²) in [6.07, 6.45) is 2.46. The number of carbonyl (C=O) groups is 1. The Morgan fingerprint density at radius 3 is 2.91 bits per heavy atom. The number of aromatic nitrogens is 2. The molecule has 0 aliphatic heterocycles. The first-order valence-corrected chi connectivity index (χ1v) is 2.83. The number of methoxy groups -OCH3 is 1. The number of carboxylic acid groups (broad SMARTS) is 1. The first kappa shape index (κ1) is 7.46. The molecule has 0 amide bonds. The minimum absolute atomic E-state index is 0.123. The first-order valence-electron chi connectivity index (χ1n) is 2.83. The molecule has 0 fully saturated rings. The van der Waals surface area contributed by atoms with E-state index < -0.39 is 5.97 Å². The van der Waals surface area contributed by atoms with Crippen LogP contribution in [0.25, 0.3) is 0 Å². The number of carboxylic acids is 1. The zero-order valence-electron chi connectivity index (χ0n) is 5.81. The van der Waals surface area contributed by atoms with E-state index in [-0.39, 0.29) is 11.4 Å². The Morgan fingerprint density at radius 1 is 1.73 bits per heavy atom. The SMILES string of the molecule is COc1cncnc1C(=O)O. The second-order valence-corrected chi connectivity index (χ2v) is 1.74. The van der Waals surface area contributed by atoms with Crippen LogP contribution in [-0.4, -0.2) is 28.2 Å². The molecule has 1 aromatic rings. The van der Waals surface area contributed by atoms with Gasteiger partial charge >= 0.3 is 5.97 Å². The zero-order valence-corrected chi connectivity index (χ0v) is 5.81. The molecule has 11 heavy (non-hydrogen) atoms. The normalized spacial score (nSPS) is 9.18. The number of rotatable bonds is 2. The lowest BCUT2D eigenvalue weighted by atomic mass is 10.4. The largest absolute Gasteiger partial charge is 0.493 e. The topological polar surface area (TPSA) is 72.3 Å².